The van der Waals surface area contributed by atoms with Crippen molar-refractivity contribution in [2.75, 3.05) is 0 Å². The van der Waals surface area contributed by atoms with Gasteiger partial charge in [0.05, 0.1) is 26.5 Å². The van der Waals surface area contributed by atoms with Crippen molar-refractivity contribution in [1.82, 2.24) is 14.8 Å². The third kappa shape index (κ3) is 1.97. The maximum atomic E-state index is 11.3. The molecule has 0 aliphatic carbocycles. The number of benzene rings is 1. The van der Waals surface area contributed by atoms with Gasteiger partial charge in [0.25, 0.3) is 0 Å². The van der Waals surface area contributed by atoms with Gasteiger partial charge in [-0.1, -0.05) is 0 Å². The van der Waals surface area contributed by atoms with Crippen molar-refractivity contribution in [3.63, 3.8) is 0 Å². The molecule has 0 saturated heterocycles. The van der Waals surface area contributed by atoms with Crippen molar-refractivity contribution in [2.45, 2.75) is 0 Å². The van der Waals surface area contributed by atoms with Gasteiger partial charge in [0, 0.05) is 12.4 Å². The van der Waals surface area contributed by atoms with Crippen LogP contribution < -0.4 is 0 Å². The molecule has 3 aromatic rings. The van der Waals surface area contributed by atoms with E-state index in [1.54, 1.807) is 42.9 Å². The Morgan fingerprint density at radius 2 is 2.16 bits per heavy atom. The van der Waals surface area contributed by atoms with E-state index in [-0.39, 0.29) is 5.69 Å². The van der Waals surface area contributed by atoms with Crippen LogP contribution in [0.2, 0.25) is 0 Å². The lowest BCUT2D eigenvalue weighted by Gasteiger charge is -2.05. The van der Waals surface area contributed by atoms with E-state index in [2.05, 4.69) is 26.0 Å². The van der Waals surface area contributed by atoms with Crippen molar-refractivity contribution in [1.29, 1.82) is 0 Å². The first-order chi connectivity index (χ1) is 9.16. The van der Waals surface area contributed by atoms with Crippen LogP contribution in [0.3, 0.4) is 0 Å². The van der Waals surface area contributed by atoms with Gasteiger partial charge >= 0.3 is 5.69 Å². The molecule has 0 unspecified atom stereocenters. The van der Waals surface area contributed by atoms with E-state index < -0.39 is 4.92 Å². The number of nitro groups is 1. The standard InChI is InChI=1S/C12H7BrN4O2/c13-8-6-15-16(7-8)11-4-3-10-9(2-1-5-14-10)12(11)17(18)19/h1-7H. The van der Waals surface area contributed by atoms with Gasteiger partial charge in [-0.15, -0.1) is 0 Å². The van der Waals surface area contributed by atoms with Crippen LogP contribution in [0, 0.1) is 10.1 Å². The summed E-state index contributed by atoms with van der Waals surface area (Å²) < 4.78 is 2.22. The van der Waals surface area contributed by atoms with Crippen LogP contribution in [-0.4, -0.2) is 19.7 Å². The fourth-order valence-electron chi connectivity index (χ4n) is 1.93. The zero-order valence-corrected chi connectivity index (χ0v) is 11.1. The number of aromatic nitrogens is 3. The molecule has 6 nitrogen and oxygen atoms in total. The first-order valence-corrected chi connectivity index (χ1v) is 6.19. The Bertz CT molecular complexity index is 784. The highest BCUT2D eigenvalue weighted by Crippen LogP contribution is 2.31. The van der Waals surface area contributed by atoms with Crippen molar-refractivity contribution in [3.8, 4) is 5.69 Å². The summed E-state index contributed by atoms with van der Waals surface area (Å²) in [6.07, 6.45) is 4.86. The number of hydrogen-bond acceptors (Lipinski definition) is 4. The lowest BCUT2D eigenvalue weighted by molar-refractivity contribution is -0.382. The molecule has 2 heterocycles. The van der Waals surface area contributed by atoms with Gasteiger partial charge in [0.15, 0.2) is 0 Å². The molecule has 0 N–H and O–H groups in total. The minimum Gasteiger partial charge on any atom is -0.258 e. The Kier molecular flexibility index (Phi) is 2.75. The summed E-state index contributed by atoms with van der Waals surface area (Å²) in [7, 11) is 0. The number of pyridine rings is 1. The highest BCUT2D eigenvalue weighted by molar-refractivity contribution is 9.10. The van der Waals surface area contributed by atoms with E-state index in [9.17, 15) is 10.1 Å². The van der Waals surface area contributed by atoms with Gasteiger partial charge in [0.2, 0.25) is 0 Å². The second-order valence-corrected chi connectivity index (χ2v) is 4.78. The third-order valence-corrected chi connectivity index (χ3v) is 3.13. The first kappa shape index (κ1) is 11.8. The quantitative estimate of drug-likeness (QED) is 0.537. The molecule has 0 aliphatic heterocycles. The molecule has 1 aromatic carbocycles. The van der Waals surface area contributed by atoms with E-state index in [0.29, 0.717) is 16.6 Å². The van der Waals surface area contributed by atoms with Crippen LogP contribution in [0.25, 0.3) is 16.6 Å². The molecule has 3 rings (SSSR count). The van der Waals surface area contributed by atoms with Gasteiger partial charge in [-0.2, -0.15) is 5.10 Å². The molecule has 0 atom stereocenters. The van der Waals surface area contributed by atoms with Crippen molar-refractivity contribution >= 4 is 32.5 Å². The second-order valence-electron chi connectivity index (χ2n) is 3.86. The minimum absolute atomic E-state index is 0.00111. The van der Waals surface area contributed by atoms with Gasteiger partial charge in [-0.05, 0) is 40.2 Å². The highest BCUT2D eigenvalue weighted by atomic mass is 79.9. The summed E-state index contributed by atoms with van der Waals surface area (Å²) in [6.45, 7) is 0. The number of nitro benzene ring substituents is 1. The van der Waals surface area contributed by atoms with E-state index in [1.807, 2.05) is 0 Å². The van der Waals surface area contributed by atoms with Gasteiger partial charge in [-0.3, -0.25) is 15.1 Å². The molecule has 94 valence electrons. The summed E-state index contributed by atoms with van der Waals surface area (Å²) in [6, 6.07) is 6.75. The zero-order valence-electron chi connectivity index (χ0n) is 9.52. The summed E-state index contributed by atoms with van der Waals surface area (Å²) in [5, 5.41) is 15.9. The molecule has 0 spiro atoms. The molecule has 7 heteroatoms. The fraction of sp³-hybridized carbons (Fsp3) is 0. The van der Waals surface area contributed by atoms with Crippen molar-refractivity contribution in [3.05, 3.63) is 57.4 Å². The summed E-state index contributed by atoms with van der Waals surface area (Å²) in [5.41, 5.74) is 1.00. The Morgan fingerprint density at radius 3 is 2.84 bits per heavy atom. The lowest BCUT2D eigenvalue weighted by Crippen LogP contribution is -2.01. The summed E-state index contributed by atoms with van der Waals surface area (Å²) in [5.74, 6) is 0. The minimum atomic E-state index is -0.408. The molecule has 0 amide bonds. The third-order valence-electron chi connectivity index (χ3n) is 2.72. The highest BCUT2D eigenvalue weighted by Gasteiger charge is 2.20. The molecule has 0 saturated carbocycles. The Hall–Kier alpha value is -2.28. The predicted molar refractivity (Wildman–Crippen MR) is 73.2 cm³/mol. The Balaban J connectivity index is 2.36. The van der Waals surface area contributed by atoms with Gasteiger partial charge < -0.3 is 0 Å². The molecule has 2 aromatic heterocycles. The van der Waals surface area contributed by atoms with Crippen LogP contribution in [0.5, 0.6) is 0 Å². The normalized spacial score (nSPS) is 10.8. The number of fused-ring (bicyclic) bond motifs is 1. The topological polar surface area (TPSA) is 73.8 Å². The lowest BCUT2D eigenvalue weighted by atomic mass is 10.1. The van der Waals surface area contributed by atoms with Crippen LogP contribution in [0.15, 0.2) is 47.3 Å². The molecule has 19 heavy (non-hydrogen) atoms. The zero-order chi connectivity index (χ0) is 13.4. The Labute approximate surface area is 116 Å². The number of halogens is 1. The molecule has 0 radical (unpaired) electrons. The van der Waals surface area contributed by atoms with Gasteiger partial charge in [-0.25, -0.2) is 4.68 Å². The average molecular weight is 319 g/mol. The summed E-state index contributed by atoms with van der Waals surface area (Å²) >= 11 is 3.28. The first-order valence-electron chi connectivity index (χ1n) is 5.39. The van der Waals surface area contributed by atoms with Crippen LogP contribution in [0.4, 0.5) is 5.69 Å². The second kappa shape index (κ2) is 4.43. The molecule has 0 bridgehead atoms. The van der Waals surface area contributed by atoms with Crippen LogP contribution >= 0.6 is 15.9 Å². The maximum Gasteiger partial charge on any atom is 0.304 e. The molecule has 0 fully saturated rings. The smallest absolute Gasteiger partial charge is 0.258 e. The number of nitrogens with zero attached hydrogens (tertiary/aromatic N) is 4. The average Bonchev–Trinajstić information content (AvgIpc) is 2.83. The Morgan fingerprint density at radius 1 is 1.32 bits per heavy atom. The van der Waals surface area contributed by atoms with Crippen molar-refractivity contribution < 1.29 is 4.92 Å². The van der Waals surface area contributed by atoms with Crippen LogP contribution in [-0.2, 0) is 0 Å². The predicted octanol–water partition coefficient (Wildman–Crippen LogP) is 3.09. The molecular formula is C12H7BrN4O2. The maximum absolute atomic E-state index is 11.3. The number of hydrogen-bond donors (Lipinski definition) is 0. The van der Waals surface area contributed by atoms with Gasteiger partial charge in [0.1, 0.15) is 5.69 Å². The van der Waals surface area contributed by atoms with Crippen molar-refractivity contribution in [2.24, 2.45) is 0 Å². The fourth-order valence-corrected chi connectivity index (χ4v) is 2.22. The van der Waals surface area contributed by atoms with E-state index in [4.69, 9.17) is 0 Å². The van der Waals surface area contributed by atoms with E-state index >= 15 is 0 Å². The van der Waals surface area contributed by atoms with E-state index in [0.717, 1.165) is 4.47 Å². The monoisotopic (exact) mass is 318 g/mol. The van der Waals surface area contributed by atoms with Crippen LogP contribution in [0.1, 0.15) is 0 Å². The molecule has 0 aliphatic rings. The van der Waals surface area contributed by atoms with E-state index in [1.165, 1.54) is 4.68 Å². The molecular weight excluding hydrogens is 312 g/mol. The SMILES string of the molecule is O=[N+]([O-])c1c(-n2cc(Br)cn2)ccc2ncccc12. The largest absolute Gasteiger partial charge is 0.304 e. The number of rotatable bonds is 2. The summed E-state index contributed by atoms with van der Waals surface area (Å²) in [4.78, 5) is 15.1.